The van der Waals surface area contributed by atoms with Crippen LogP contribution in [-0.4, -0.2) is 11.3 Å². The fourth-order valence-corrected chi connectivity index (χ4v) is 3.56. The summed E-state index contributed by atoms with van der Waals surface area (Å²) in [6.07, 6.45) is -2.82. The van der Waals surface area contributed by atoms with Gasteiger partial charge >= 0.3 is 6.18 Å². The summed E-state index contributed by atoms with van der Waals surface area (Å²) >= 11 is 0. The molecule has 1 aliphatic heterocycles. The molecule has 1 aliphatic carbocycles. The van der Waals surface area contributed by atoms with Crippen LogP contribution in [0.5, 0.6) is 0 Å². The Labute approximate surface area is 115 Å². The molecule has 2 atom stereocenters. The van der Waals surface area contributed by atoms with E-state index in [2.05, 4.69) is 5.32 Å². The summed E-state index contributed by atoms with van der Waals surface area (Å²) in [5.41, 5.74) is -0.0316. The van der Waals surface area contributed by atoms with Crippen molar-refractivity contribution in [2.45, 2.75) is 50.2 Å². The summed E-state index contributed by atoms with van der Waals surface area (Å²) in [4.78, 5) is 11.7. The Kier molecular flexibility index (Phi) is 2.54. The van der Waals surface area contributed by atoms with Crippen molar-refractivity contribution in [1.29, 1.82) is 0 Å². The molecule has 108 valence electrons. The SMILES string of the molecule is CC12CC(=O)CCC1(C)c1ccc(C(F)(F)F)cc1N2. The van der Waals surface area contributed by atoms with Gasteiger partial charge in [0.05, 0.1) is 11.1 Å². The zero-order valence-corrected chi connectivity index (χ0v) is 11.4. The Morgan fingerprint density at radius 3 is 2.60 bits per heavy atom. The highest BCUT2D eigenvalue weighted by atomic mass is 19.4. The molecule has 1 heterocycles. The summed E-state index contributed by atoms with van der Waals surface area (Å²) in [5.74, 6) is 0.168. The monoisotopic (exact) mass is 283 g/mol. The van der Waals surface area contributed by atoms with Crippen molar-refractivity contribution >= 4 is 11.5 Å². The van der Waals surface area contributed by atoms with E-state index in [4.69, 9.17) is 0 Å². The van der Waals surface area contributed by atoms with E-state index in [0.717, 1.165) is 17.7 Å². The van der Waals surface area contributed by atoms with E-state index >= 15 is 0 Å². The molecule has 2 unspecified atom stereocenters. The normalized spacial score (nSPS) is 32.5. The number of Topliss-reactive ketones (excluding diaryl/α,β-unsaturated/α-hetero) is 1. The van der Waals surface area contributed by atoms with Crippen molar-refractivity contribution in [2.24, 2.45) is 0 Å². The molecule has 1 saturated carbocycles. The highest BCUT2D eigenvalue weighted by Gasteiger charge is 2.55. The average Bonchev–Trinajstić information content (AvgIpc) is 2.55. The number of nitrogens with one attached hydrogen (secondary N) is 1. The van der Waals surface area contributed by atoms with Crippen LogP contribution in [0.4, 0.5) is 18.9 Å². The summed E-state index contributed by atoms with van der Waals surface area (Å²) in [7, 11) is 0. The topological polar surface area (TPSA) is 29.1 Å². The number of fused-ring (bicyclic) bond motifs is 3. The van der Waals surface area contributed by atoms with Crippen LogP contribution in [0.1, 0.15) is 44.2 Å². The fraction of sp³-hybridized carbons (Fsp3) is 0.533. The predicted molar refractivity (Wildman–Crippen MR) is 69.7 cm³/mol. The van der Waals surface area contributed by atoms with Crippen LogP contribution in [0.15, 0.2) is 18.2 Å². The number of carbonyl (C=O) groups is 1. The molecule has 5 heteroatoms. The second kappa shape index (κ2) is 3.77. The van der Waals surface area contributed by atoms with E-state index < -0.39 is 17.3 Å². The van der Waals surface area contributed by atoms with Gasteiger partial charge in [-0.25, -0.2) is 0 Å². The molecule has 3 rings (SSSR count). The molecule has 1 N–H and O–H groups in total. The maximum absolute atomic E-state index is 12.8. The highest BCUT2D eigenvalue weighted by molar-refractivity contribution is 5.84. The molecule has 20 heavy (non-hydrogen) atoms. The smallest absolute Gasteiger partial charge is 0.378 e. The maximum atomic E-state index is 12.8. The van der Waals surface area contributed by atoms with E-state index in [1.54, 1.807) is 6.07 Å². The lowest BCUT2D eigenvalue weighted by molar-refractivity contribution is -0.137. The number of carbonyl (C=O) groups excluding carboxylic acids is 1. The fourth-order valence-electron chi connectivity index (χ4n) is 3.56. The lowest BCUT2D eigenvalue weighted by atomic mass is 9.61. The van der Waals surface area contributed by atoms with Gasteiger partial charge in [0.2, 0.25) is 0 Å². The molecule has 0 aromatic heterocycles. The number of anilines is 1. The molecule has 1 aromatic rings. The van der Waals surface area contributed by atoms with Gasteiger partial charge in [0.15, 0.2) is 0 Å². The van der Waals surface area contributed by atoms with Crippen molar-refractivity contribution in [1.82, 2.24) is 0 Å². The van der Waals surface area contributed by atoms with Crippen LogP contribution in [0.3, 0.4) is 0 Å². The first-order valence-corrected chi connectivity index (χ1v) is 6.67. The summed E-state index contributed by atoms with van der Waals surface area (Å²) in [6, 6.07) is 3.86. The first-order chi connectivity index (χ1) is 9.16. The molecule has 0 saturated heterocycles. The Morgan fingerprint density at radius 2 is 1.95 bits per heavy atom. The number of hydrogen-bond acceptors (Lipinski definition) is 2. The lowest BCUT2D eigenvalue weighted by Crippen LogP contribution is -2.52. The van der Waals surface area contributed by atoms with Gasteiger partial charge in [0.1, 0.15) is 5.78 Å². The van der Waals surface area contributed by atoms with Crippen LogP contribution in [0, 0.1) is 0 Å². The number of hydrogen-bond donors (Lipinski definition) is 1. The molecule has 0 amide bonds. The van der Waals surface area contributed by atoms with Gasteiger partial charge in [-0.3, -0.25) is 4.79 Å². The lowest BCUT2D eigenvalue weighted by Gasteiger charge is -2.44. The van der Waals surface area contributed by atoms with Gasteiger partial charge in [-0.2, -0.15) is 13.2 Å². The van der Waals surface area contributed by atoms with Gasteiger partial charge in [-0.1, -0.05) is 13.0 Å². The van der Waals surface area contributed by atoms with E-state index in [1.165, 1.54) is 0 Å². The van der Waals surface area contributed by atoms with Gasteiger partial charge < -0.3 is 5.32 Å². The highest BCUT2D eigenvalue weighted by Crippen LogP contribution is 2.54. The number of rotatable bonds is 0. The van der Waals surface area contributed by atoms with E-state index in [9.17, 15) is 18.0 Å². The number of ketones is 1. The summed E-state index contributed by atoms with van der Waals surface area (Å²) in [5, 5.41) is 3.18. The minimum atomic E-state index is -4.35. The molecule has 2 nitrogen and oxygen atoms in total. The van der Waals surface area contributed by atoms with Gasteiger partial charge in [0.25, 0.3) is 0 Å². The van der Waals surface area contributed by atoms with Crippen LogP contribution >= 0.6 is 0 Å². The molecule has 1 fully saturated rings. The Bertz CT molecular complexity index is 595. The molecule has 0 radical (unpaired) electrons. The third kappa shape index (κ3) is 1.68. The molecular formula is C15H16F3NO. The van der Waals surface area contributed by atoms with Crippen LogP contribution < -0.4 is 5.32 Å². The van der Waals surface area contributed by atoms with Gasteiger partial charge in [0, 0.05) is 23.9 Å². The Hall–Kier alpha value is -1.52. The van der Waals surface area contributed by atoms with Crippen molar-refractivity contribution in [3.63, 3.8) is 0 Å². The van der Waals surface area contributed by atoms with Crippen LogP contribution in [-0.2, 0) is 16.4 Å². The third-order valence-corrected chi connectivity index (χ3v) is 5.02. The Morgan fingerprint density at radius 1 is 1.25 bits per heavy atom. The summed E-state index contributed by atoms with van der Waals surface area (Å²) < 4.78 is 38.4. The first-order valence-electron chi connectivity index (χ1n) is 6.67. The summed E-state index contributed by atoms with van der Waals surface area (Å²) in [6.45, 7) is 3.96. The van der Waals surface area contributed by atoms with Gasteiger partial charge in [-0.05, 0) is 31.0 Å². The standard InChI is InChI=1S/C15H16F3NO/c1-13-6-5-10(20)8-14(13,2)19-12-7-9(15(16,17)18)3-4-11(12)13/h3-4,7,19H,5-6,8H2,1-2H3. The van der Waals surface area contributed by atoms with E-state index in [1.807, 2.05) is 13.8 Å². The second-order valence-corrected chi connectivity index (χ2v) is 6.26. The second-order valence-electron chi connectivity index (χ2n) is 6.26. The maximum Gasteiger partial charge on any atom is 0.416 e. The largest absolute Gasteiger partial charge is 0.416 e. The van der Waals surface area contributed by atoms with Crippen molar-refractivity contribution in [2.75, 3.05) is 5.32 Å². The molecule has 1 aromatic carbocycles. The van der Waals surface area contributed by atoms with Crippen LogP contribution in [0.25, 0.3) is 0 Å². The van der Waals surface area contributed by atoms with E-state index in [-0.39, 0.29) is 11.2 Å². The van der Waals surface area contributed by atoms with Crippen molar-refractivity contribution < 1.29 is 18.0 Å². The molecule has 0 bridgehead atoms. The van der Waals surface area contributed by atoms with Crippen molar-refractivity contribution in [3.8, 4) is 0 Å². The molecular weight excluding hydrogens is 267 g/mol. The number of halogens is 3. The van der Waals surface area contributed by atoms with Crippen LogP contribution in [0.2, 0.25) is 0 Å². The zero-order valence-electron chi connectivity index (χ0n) is 11.4. The predicted octanol–water partition coefficient (Wildman–Crippen LogP) is 3.90. The third-order valence-electron chi connectivity index (χ3n) is 5.02. The average molecular weight is 283 g/mol. The minimum Gasteiger partial charge on any atom is -0.378 e. The minimum absolute atomic E-state index is 0.168. The first kappa shape index (κ1) is 13.5. The molecule has 0 spiro atoms. The number of alkyl halides is 3. The quantitative estimate of drug-likeness (QED) is 0.782. The van der Waals surface area contributed by atoms with Gasteiger partial charge in [-0.15, -0.1) is 0 Å². The molecule has 2 aliphatic rings. The van der Waals surface area contributed by atoms with E-state index in [0.29, 0.717) is 24.9 Å². The zero-order chi connectivity index (χ0) is 14.8. The van der Waals surface area contributed by atoms with Crippen molar-refractivity contribution in [3.05, 3.63) is 29.3 Å². The Balaban J connectivity index is 2.10. The number of benzene rings is 1.